The van der Waals surface area contributed by atoms with Gasteiger partial charge < -0.3 is 16.0 Å². The predicted molar refractivity (Wildman–Crippen MR) is 77.5 cm³/mol. The second-order valence-electron chi connectivity index (χ2n) is 5.60. The van der Waals surface area contributed by atoms with Gasteiger partial charge in [-0.05, 0) is 53.6 Å². The van der Waals surface area contributed by atoms with Crippen molar-refractivity contribution in [2.75, 3.05) is 13.6 Å². The summed E-state index contributed by atoms with van der Waals surface area (Å²) in [5.74, 6) is -0.264. The Morgan fingerprint density at radius 1 is 1.33 bits per heavy atom. The summed E-state index contributed by atoms with van der Waals surface area (Å²) >= 11 is 0. The molecule has 0 aromatic rings. The van der Waals surface area contributed by atoms with Crippen LogP contribution in [-0.2, 0) is 4.79 Å². The number of carbonyl (C=O) groups excluding carboxylic acids is 1. The van der Waals surface area contributed by atoms with E-state index in [1.807, 2.05) is 6.92 Å². The Labute approximate surface area is 112 Å². The highest BCUT2D eigenvalue weighted by atomic mass is 16.1. The molecule has 0 bridgehead atoms. The summed E-state index contributed by atoms with van der Waals surface area (Å²) in [6, 6.07) is 0.838. The van der Waals surface area contributed by atoms with Gasteiger partial charge in [0, 0.05) is 12.1 Å². The van der Waals surface area contributed by atoms with Gasteiger partial charge in [-0.2, -0.15) is 0 Å². The fourth-order valence-corrected chi connectivity index (χ4v) is 2.12. The van der Waals surface area contributed by atoms with Gasteiger partial charge in [0.2, 0.25) is 5.91 Å². The molecular formula is C14H31N3O. The van der Waals surface area contributed by atoms with E-state index in [4.69, 9.17) is 5.73 Å². The van der Waals surface area contributed by atoms with E-state index >= 15 is 0 Å². The molecule has 0 radical (unpaired) electrons. The van der Waals surface area contributed by atoms with E-state index in [-0.39, 0.29) is 5.91 Å². The predicted octanol–water partition coefficient (Wildman–Crippen LogP) is 1.74. The average molecular weight is 257 g/mol. The fraction of sp³-hybridized carbons (Fsp3) is 0.929. The SMILES string of the molecule is CCCNC(C)(CC(C)N(C)C(C)CC)C(N)=O. The number of nitrogens with zero attached hydrogens (tertiary/aromatic N) is 1. The Hall–Kier alpha value is -0.610. The molecule has 4 nitrogen and oxygen atoms in total. The molecule has 108 valence electrons. The molecule has 3 unspecified atom stereocenters. The molecule has 0 aromatic carbocycles. The first-order chi connectivity index (χ1) is 8.28. The fourth-order valence-electron chi connectivity index (χ4n) is 2.12. The number of amides is 1. The van der Waals surface area contributed by atoms with Crippen LogP contribution in [0.4, 0.5) is 0 Å². The third-order valence-corrected chi connectivity index (χ3v) is 3.99. The smallest absolute Gasteiger partial charge is 0.237 e. The van der Waals surface area contributed by atoms with E-state index in [9.17, 15) is 4.79 Å². The highest BCUT2D eigenvalue weighted by molar-refractivity contribution is 5.84. The van der Waals surface area contributed by atoms with Crippen LogP contribution in [0.25, 0.3) is 0 Å². The highest BCUT2D eigenvalue weighted by Crippen LogP contribution is 2.18. The minimum absolute atomic E-state index is 0.264. The lowest BCUT2D eigenvalue weighted by atomic mass is 9.91. The molecule has 3 N–H and O–H groups in total. The van der Waals surface area contributed by atoms with Crippen LogP contribution in [0.2, 0.25) is 0 Å². The van der Waals surface area contributed by atoms with Gasteiger partial charge in [0.05, 0.1) is 5.54 Å². The summed E-state index contributed by atoms with van der Waals surface area (Å²) in [6.45, 7) is 11.4. The number of hydrogen-bond acceptors (Lipinski definition) is 3. The molecule has 0 aromatic heterocycles. The van der Waals surface area contributed by atoms with Crippen molar-refractivity contribution in [2.24, 2.45) is 5.73 Å². The Morgan fingerprint density at radius 2 is 1.89 bits per heavy atom. The van der Waals surface area contributed by atoms with Gasteiger partial charge in [0.1, 0.15) is 0 Å². The maximum absolute atomic E-state index is 11.7. The molecule has 0 fully saturated rings. The van der Waals surface area contributed by atoms with Crippen molar-refractivity contribution >= 4 is 5.91 Å². The molecule has 0 saturated carbocycles. The van der Waals surface area contributed by atoms with Gasteiger partial charge in [0.15, 0.2) is 0 Å². The van der Waals surface area contributed by atoms with E-state index in [0.717, 1.165) is 25.8 Å². The largest absolute Gasteiger partial charge is 0.368 e. The van der Waals surface area contributed by atoms with E-state index in [1.165, 1.54) is 0 Å². The van der Waals surface area contributed by atoms with Crippen LogP contribution in [-0.4, -0.2) is 42.0 Å². The summed E-state index contributed by atoms with van der Waals surface area (Å²) in [4.78, 5) is 14.0. The van der Waals surface area contributed by atoms with E-state index in [0.29, 0.717) is 12.1 Å². The van der Waals surface area contributed by atoms with Crippen molar-refractivity contribution in [1.29, 1.82) is 0 Å². The zero-order valence-electron chi connectivity index (χ0n) is 12.9. The maximum Gasteiger partial charge on any atom is 0.237 e. The third-order valence-electron chi connectivity index (χ3n) is 3.99. The van der Waals surface area contributed by atoms with Gasteiger partial charge in [-0.3, -0.25) is 4.79 Å². The van der Waals surface area contributed by atoms with Crippen molar-refractivity contribution in [2.45, 2.75) is 71.5 Å². The molecule has 3 atom stereocenters. The van der Waals surface area contributed by atoms with Gasteiger partial charge in [-0.1, -0.05) is 13.8 Å². The minimum Gasteiger partial charge on any atom is -0.368 e. The first-order valence-corrected chi connectivity index (χ1v) is 7.05. The minimum atomic E-state index is -0.614. The number of nitrogens with two attached hydrogens (primary N) is 1. The van der Waals surface area contributed by atoms with Crippen LogP contribution in [0, 0.1) is 0 Å². The molecule has 0 rings (SSSR count). The normalized spacial score (nSPS) is 18.4. The molecule has 1 amide bonds. The Morgan fingerprint density at radius 3 is 2.28 bits per heavy atom. The van der Waals surface area contributed by atoms with Crippen molar-refractivity contribution in [3.63, 3.8) is 0 Å². The summed E-state index contributed by atoms with van der Waals surface area (Å²) in [7, 11) is 2.11. The van der Waals surface area contributed by atoms with Gasteiger partial charge in [-0.15, -0.1) is 0 Å². The molecule has 0 aliphatic carbocycles. The Balaban J connectivity index is 4.62. The summed E-state index contributed by atoms with van der Waals surface area (Å²) in [6.07, 6.45) is 2.85. The zero-order valence-corrected chi connectivity index (χ0v) is 12.9. The van der Waals surface area contributed by atoms with Crippen molar-refractivity contribution in [1.82, 2.24) is 10.2 Å². The summed E-state index contributed by atoms with van der Waals surface area (Å²) < 4.78 is 0. The van der Waals surface area contributed by atoms with Crippen molar-refractivity contribution in [3.8, 4) is 0 Å². The van der Waals surface area contributed by atoms with Crippen LogP contribution in [0.1, 0.15) is 53.9 Å². The molecule has 0 spiro atoms. The van der Waals surface area contributed by atoms with Crippen molar-refractivity contribution < 1.29 is 4.79 Å². The second-order valence-corrected chi connectivity index (χ2v) is 5.60. The van der Waals surface area contributed by atoms with Gasteiger partial charge in [-0.25, -0.2) is 0 Å². The highest BCUT2D eigenvalue weighted by Gasteiger charge is 2.33. The number of hydrogen-bond donors (Lipinski definition) is 2. The van der Waals surface area contributed by atoms with E-state index < -0.39 is 5.54 Å². The number of nitrogens with one attached hydrogen (secondary N) is 1. The van der Waals surface area contributed by atoms with Crippen molar-refractivity contribution in [3.05, 3.63) is 0 Å². The molecule has 0 saturated heterocycles. The molecule has 0 aliphatic heterocycles. The summed E-state index contributed by atoms with van der Waals surface area (Å²) in [5, 5.41) is 3.29. The van der Waals surface area contributed by atoms with Crippen LogP contribution in [0.15, 0.2) is 0 Å². The lowest BCUT2D eigenvalue weighted by Crippen LogP contribution is -2.56. The first-order valence-electron chi connectivity index (χ1n) is 7.05. The van der Waals surface area contributed by atoms with Crippen LogP contribution >= 0.6 is 0 Å². The van der Waals surface area contributed by atoms with Crippen LogP contribution < -0.4 is 11.1 Å². The second kappa shape index (κ2) is 7.74. The lowest BCUT2D eigenvalue weighted by Gasteiger charge is -2.36. The average Bonchev–Trinajstić information content (AvgIpc) is 2.34. The maximum atomic E-state index is 11.7. The Kier molecular flexibility index (Phi) is 7.48. The number of carbonyl (C=O) groups is 1. The molecule has 18 heavy (non-hydrogen) atoms. The lowest BCUT2D eigenvalue weighted by molar-refractivity contribution is -0.124. The molecular weight excluding hydrogens is 226 g/mol. The standard InChI is InChI=1S/C14H31N3O/c1-7-9-16-14(5,13(15)18)10-12(4)17(6)11(3)8-2/h11-12,16H,7-10H2,1-6H3,(H2,15,18). The molecule has 0 heterocycles. The third kappa shape index (κ3) is 4.94. The summed E-state index contributed by atoms with van der Waals surface area (Å²) in [5.41, 5.74) is 4.93. The topological polar surface area (TPSA) is 58.4 Å². The molecule has 0 aliphatic rings. The molecule has 4 heteroatoms. The first kappa shape index (κ1) is 17.4. The van der Waals surface area contributed by atoms with E-state index in [1.54, 1.807) is 0 Å². The number of primary amides is 1. The number of rotatable bonds is 9. The van der Waals surface area contributed by atoms with Gasteiger partial charge in [0.25, 0.3) is 0 Å². The van der Waals surface area contributed by atoms with E-state index in [2.05, 4.69) is 45.0 Å². The Bertz CT molecular complexity index is 257. The van der Waals surface area contributed by atoms with Crippen LogP contribution in [0.5, 0.6) is 0 Å². The van der Waals surface area contributed by atoms with Gasteiger partial charge >= 0.3 is 0 Å². The monoisotopic (exact) mass is 257 g/mol. The quantitative estimate of drug-likeness (QED) is 0.661. The zero-order chi connectivity index (χ0) is 14.3. The van der Waals surface area contributed by atoms with Crippen LogP contribution in [0.3, 0.4) is 0 Å².